The van der Waals surface area contributed by atoms with Crippen LogP contribution in [0.25, 0.3) is 10.1 Å². The first-order valence-electron chi connectivity index (χ1n) is 7.09. The third-order valence-corrected chi connectivity index (χ3v) is 4.07. The van der Waals surface area contributed by atoms with Crippen molar-refractivity contribution in [3.63, 3.8) is 0 Å². The maximum absolute atomic E-state index is 12.2. The monoisotopic (exact) mass is 297 g/mol. The lowest BCUT2D eigenvalue weighted by atomic mass is 10.2. The van der Waals surface area contributed by atoms with Crippen LogP contribution in [0, 0.1) is 6.92 Å². The predicted octanol–water partition coefficient (Wildman–Crippen LogP) is 5.49. The number of carbonyl (C=O) groups is 1. The molecule has 0 unspecified atom stereocenters. The van der Waals surface area contributed by atoms with E-state index < -0.39 is 0 Å². The summed E-state index contributed by atoms with van der Waals surface area (Å²) in [6, 6.07) is 17.8. The molecule has 0 aliphatic heterocycles. The fraction of sp³-hybridized carbons (Fsp3) is 0.167. The molecular formula is C18H19NOS. The van der Waals surface area contributed by atoms with Crippen molar-refractivity contribution in [1.29, 1.82) is 0 Å². The second kappa shape index (κ2) is 7.04. The highest BCUT2D eigenvalue weighted by atomic mass is 32.1. The molecule has 1 N–H and O–H groups in total. The van der Waals surface area contributed by atoms with Crippen LogP contribution in [0.3, 0.4) is 0 Å². The highest BCUT2D eigenvalue weighted by Gasteiger charge is 2.10. The summed E-state index contributed by atoms with van der Waals surface area (Å²) in [4.78, 5) is 12.9. The van der Waals surface area contributed by atoms with Gasteiger partial charge in [-0.25, -0.2) is 0 Å². The number of hydrogen-bond acceptors (Lipinski definition) is 2. The summed E-state index contributed by atoms with van der Waals surface area (Å²) < 4.78 is 1.14. The van der Waals surface area contributed by atoms with Gasteiger partial charge in [0, 0.05) is 10.4 Å². The van der Waals surface area contributed by atoms with E-state index in [9.17, 15) is 4.79 Å². The Hall–Kier alpha value is -2.13. The van der Waals surface area contributed by atoms with Crippen LogP contribution in [-0.2, 0) is 0 Å². The van der Waals surface area contributed by atoms with Gasteiger partial charge in [0.2, 0.25) is 0 Å². The van der Waals surface area contributed by atoms with Crippen LogP contribution >= 0.6 is 11.3 Å². The number of benzene rings is 2. The van der Waals surface area contributed by atoms with Crippen LogP contribution in [0.2, 0.25) is 0 Å². The van der Waals surface area contributed by atoms with Gasteiger partial charge in [0.05, 0.1) is 4.88 Å². The largest absolute Gasteiger partial charge is 0.321 e. The van der Waals surface area contributed by atoms with Crippen molar-refractivity contribution in [3.05, 3.63) is 65.0 Å². The van der Waals surface area contributed by atoms with Gasteiger partial charge in [-0.2, -0.15) is 0 Å². The molecule has 0 spiro atoms. The molecule has 3 aromatic rings. The first kappa shape index (κ1) is 15.3. The van der Waals surface area contributed by atoms with E-state index in [1.165, 1.54) is 16.9 Å². The van der Waals surface area contributed by atoms with Gasteiger partial charge in [-0.1, -0.05) is 49.7 Å². The quantitative estimate of drug-likeness (QED) is 0.666. The molecule has 3 rings (SSSR count). The van der Waals surface area contributed by atoms with Crippen molar-refractivity contribution in [2.24, 2.45) is 0 Å². The Bertz CT molecular complexity index is 695. The number of nitrogens with one attached hydrogen (secondary N) is 1. The lowest BCUT2D eigenvalue weighted by Crippen LogP contribution is -2.09. The minimum Gasteiger partial charge on any atom is -0.321 e. The Morgan fingerprint density at radius 3 is 2.33 bits per heavy atom. The second-order valence-corrected chi connectivity index (χ2v) is 5.55. The molecule has 108 valence electrons. The summed E-state index contributed by atoms with van der Waals surface area (Å²) in [5.41, 5.74) is 2.01. The molecule has 0 aliphatic carbocycles. The summed E-state index contributed by atoms with van der Waals surface area (Å²) in [6.07, 6.45) is 0. The Morgan fingerprint density at radius 2 is 1.67 bits per heavy atom. The summed E-state index contributed by atoms with van der Waals surface area (Å²) in [5.74, 6) is -0.0509. The van der Waals surface area contributed by atoms with Gasteiger partial charge in [0.1, 0.15) is 0 Å². The Balaban J connectivity index is 0.000000774. The number of hydrogen-bond donors (Lipinski definition) is 1. The van der Waals surface area contributed by atoms with E-state index in [2.05, 4.69) is 5.32 Å². The molecule has 0 bridgehead atoms. The average molecular weight is 297 g/mol. The van der Waals surface area contributed by atoms with Crippen LogP contribution in [0.4, 0.5) is 5.69 Å². The summed E-state index contributed by atoms with van der Waals surface area (Å²) in [7, 11) is 0. The molecule has 1 amide bonds. The SMILES string of the molecule is CC.Cc1ccc(NC(=O)c2cc3ccccc3s2)cc1. The predicted molar refractivity (Wildman–Crippen MR) is 92.3 cm³/mol. The zero-order valence-electron chi connectivity index (χ0n) is 12.5. The van der Waals surface area contributed by atoms with Gasteiger partial charge in [0.15, 0.2) is 0 Å². The van der Waals surface area contributed by atoms with Gasteiger partial charge in [-0.05, 0) is 36.6 Å². The normalized spacial score (nSPS) is 9.86. The molecule has 1 heterocycles. The summed E-state index contributed by atoms with van der Waals surface area (Å²) in [5, 5.41) is 4.03. The van der Waals surface area contributed by atoms with Gasteiger partial charge in [-0.15, -0.1) is 11.3 Å². The number of amides is 1. The van der Waals surface area contributed by atoms with Gasteiger partial charge < -0.3 is 5.32 Å². The van der Waals surface area contributed by atoms with E-state index in [4.69, 9.17) is 0 Å². The third-order valence-electron chi connectivity index (χ3n) is 2.96. The first-order valence-corrected chi connectivity index (χ1v) is 7.90. The van der Waals surface area contributed by atoms with E-state index in [1.54, 1.807) is 0 Å². The maximum Gasteiger partial charge on any atom is 0.265 e. The van der Waals surface area contributed by atoms with E-state index in [0.29, 0.717) is 0 Å². The number of carbonyl (C=O) groups excluding carboxylic acids is 1. The topological polar surface area (TPSA) is 29.1 Å². The lowest BCUT2D eigenvalue weighted by Gasteiger charge is -2.03. The number of rotatable bonds is 2. The molecule has 0 fully saturated rings. The van der Waals surface area contributed by atoms with Gasteiger partial charge in [0.25, 0.3) is 5.91 Å². The molecular weight excluding hydrogens is 278 g/mol. The standard InChI is InChI=1S/C16H13NOS.C2H6/c1-11-6-8-13(9-7-11)17-16(18)15-10-12-4-2-3-5-14(12)19-15;1-2/h2-10H,1H3,(H,17,18);1-2H3. The van der Waals surface area contributed by atoms with Crippen molar-refractivity contribution >= 4 is 33.0 Å². The lowest BCUT2D eigenvalue weighted by molar-refractivity contribution is 0.103. The molecule has 1 aromatic heterocycles. The zero-order valence-corrected chi connectivity index (χ0v) is 13.3. The van der Waals surface area contributed by atoms with Gasteiger partial charge >= 0.3 is 0 Å². The molecule has 0 radical (unpaired) electrons. The van der Waals surface area contributed by atoms with E-state index >= 15 is 0 Å². The van der Waals surface area contributed by atoms with Crippen molar-refractivity contribution in [1.82, 2.24) is 0 Å². The van der Waals surface area contributed by atoms with Crippen LogP contribution in [0.15, 0.2) is 54.6 Å². The smallest absolute Gasteiger partial charge is 0.265 e. The van der Waals surface area contributed by atoms with Crippen molar-refractivity contribution in [2.75, 3.05) is 5.32 Å². The summed E-state index contributed by atoms with van der Waals surface area (Å²) >= 11 is 1.52. The number of aryl methyl sites for hydroxylation is 1. The highest BCUT2D eigenvalue weighted by molar-refractivity contribution is 7.20. The van der Waals surface area contributed by atoms with E-state index in [1.807, 2.05) is 75.4 Å². The average Bonchev–Trinajstić information content (AvgIpc) is 2.96. The molecule has 3 heteroatoms. The molecule has 0 atom stereocenters. The van der Waals surface area contributed by atoms with Crippen LogP contribution in [0.1, 0.15) is 29.1 Å². The number of anilines is 1. The Kier molecular flexibility index (Phi) is 5.12. The third kappa shape index (κ3) is 3.70. The number of fused-ring (bicyclic) bond motifs is 1. The van der Waals surface area contributed by atoms with Crippen LogP contribution in [0.5, 0.6) is 0 Å². The molecule has 0 aliphatic rings. The van der Waals surface area contributed by atoms with Crippen molar-refractivity contribution in [2.45, 2.75) is 20.8 Å². The number of thiophene rings is 1. The van der Waals surface area contributed by atoms with Crippen molar-refractivity contribution in [3.8, 4) is 0 Å². The summed E-state index contributed by atoms with van der Waals surface area (Å²) in [6.45, 7) is 6.03. The Morgan fingerprint density at radius 1 is 1.00 bits per heavy atom. The van der Waals surface area contributed by atoms with Crippen molar-refractivity contribution < 1.29 is 4.79 Å². The molecule has 0 saturated carbocycles. The van der Waals surface area contributed by atoms with E-state index in [0.717, 1.165) is 20.7 Å². The minimum absolute atomic E-state index is 0.0509. The Labute approximate surface area is 129 Å². The maximum atomic E-state index is 12.2. The molecule has 2 aromatic carbocycles. The van der Waals surface area contributed by atoms with Crippen LogP contribution < -0.4 is 5.32 Å². The van der Waals surface area contributed by atoms with E-state index in [-0.39, 0.29) is 5.91 Å². The molecule has 21 heavy (non-hydrogen) atoms. The highest BCUT2D eigenvalue weighted by Crippen LogP contribution is 2.25. The van der Waals surface area contributed by atoms with Crippen LogP contribution in [-0.4, -0.2) is 5.91 Å². The minimum atomic E-state index is -0.0509. The first-order chi connectivity index (χ1) is 10.2. The fourth-order valence-electron chi connectivity index (χ4n) is 1.92. The molecule has 2 nitrogen and oxygen atoms in total. The second-order valence-electron chi connectivity index (χ2n) is 4.47. The molecule has 0 saturated heterocycles. The fourth-order valence-corrected chi connectivity index (χ4v) is 2.88. The van der Waals surface area contributed by atoms with Gasteiger partial charge in [-0.3, -0.25) is 4.79 Å². The zero-order chi connectivity index (χ0) is 15.2.